The number of aromatic nitrogens is 3. The number of hydrogen-bond donors (Lipinski definition) is 2. The van der Waals surface area contributed by atoms with Gasteiger partial charge in [0.1, 0.15) is 0 Å². The monoisotopic (exact) mass is 345 g/mol. The first-order chi connectivity index (χ1) is 8.94. The number of aryl methyl sites for hydroxylation is 1. The second-order valence-corrected chi connectivity index (χ2v) is 6.09. The van der Waals surface area contributed by atoms with Crippen LogP contribution in [-0.2, 0) is 17.1 Å². The van der Waals surface area contributed by atoms with Crippen LogP contribution in [0.25, 0.3) is 0 Å². The summed E-state index contributed by atoms with van der Waals surface area (Å²) in [7, 11) is -0.431. The van der Waals surface area contributed by atoms with Crippen molar-refractivity contribution in [1.29, 1.82) is 0 Å². The Balaban J connectivity index is 2.31. The molecule has 0 unspecified atom stereocenters. The summed E-state index contributed by atoms with van der Waals surface area (Å²) in [5, 5.41) is 10.2. The van der Waals surface area contributed by atoms with Crippen molar-refractivity contribution in [3.63, 3.8) is 0 Å². The third-order valence-electron chi connectivity index (χ3n) is 2.42. The van der Waals surface area contributed by atoms with Gasteiger partial charge in [-0.1, -0.05) is 5.21 Å². The number of nitrogens with zero attached hydrogens (tertiary/aromatic N) is 3. The highest BCUT2D eigenvalue weighted by atomic mass is 79.9. The summed E-state index contributed by atoms with van der Waals surface area (Å²) >= 11 is 3.07. The minimum Gasteiger partial charge on any atom is -0.388 e. The van der Waals surface area contributed by atoms with Gasteiger partial charge in [0.05, 0.1) is 0 Å². The van der Waals surface area contributed by atoms with Crippen molar-refractivity contribution < 1.29 is 8.42 Å². The molecule has 0 amide bonds. The average Bonchev–Trinajstić information content (AvgIpc) is 2.70. The minimum absolute atomic E-state index is 0.0230. The van der Waals surface area contributed by atoms with Crippen molar-refractivity contribution >= 4 is 37.3 Å². The van der Waals surface area contributed by atoms with E-state index in [4.69, 9.17) is 0 Å². The molecule has 0 aliphatic heterocycles. The molecule has 2 N–H and O–H groups in total. The zero-order valence-corrected chi connectivity index (χ0v) is 12.7. The Morgan fingerprint density at radius 3 is 2.26 bits per heavy atom. The summed E-state index contributed by atoms with van der Waals surface area (Å²) in [5.74, 6) is 0. The summed E-state index contributed by atoms with van der Waals surface area (Å²) in [4.78, 5) is 0. The molecule has 1 heterocycles. The standard InChI is InChI=1S/C10H12BrN5O2S/c1-12-7-3-5-8(6-4-7)14-19(17,18)10-9(11)13-15-16(10)2/h3-6,12,14H,1-2H3. The number of anilines is 2. The third kappa shape index (κ3) is 2.87. The zero-order chi connectivity index (χ0) is 14.0. The topological polar surface area (TPSA) is 88.9 Å². The molecule has 0 bridgehead atoms. The number of nitrogens with one attached hydrogen (secondary N) is 2. The van der Waals surface area contributed by atoms with E-state index in [1.54, 1.807) is 31.3 Å². The van der Waals surface area contributed by atoms with Crippen LogP contribution >= 0.6 is 15.9 Å². The molecule has 19 heavy (non-hydrogen) atoms. The Labute approximate surface area is 119 Å². The normalized spacial score (nSPS) is 11.3. The first kappa shape index (κ1) is 13.8. The largest absolute Gasteiger partial charge is 0.388 e. The lowest BCUT2D eigenvalue weighted by molar-refractivity contribution is 0.578. The predicted octanol–water partition coefficient (Wildman–Crippen LogP) is 1.42. The zero-order valence-electron chi connectivity index (χ0n) is 10.3. The highest BCUT2D eigenvalue weighted by Crippen LogP contribution is 2.22. The Hall–Kier alpha value is -1.61. The summed E-state index contributed by atoms with van der Waals surface area (Å²) in [6.45, 7) is 0. The van der Waals surface area contributed by atoms with Gasteiger partial charge in [0.15, 0.2) is 4.60 Å². The number of benzene rings is 1. The van der Waals surface area contributed by atoms with Gasteiger partial charge in [-0.15, -0.1) is 5.10 Å². The van der Waals surface area contributed by atoms with Crippen LogP contribution in [0.3, 0.4) is 0 Å². The molecule has 0 spiro atoms. The van der Waals surface area contributed by atoms with E-state index < -0.39 is 10.0 Å². The van der Waals surface area contributed by atoms with Crippen molar-refractivity contribution in [3.05, 3.63) is 28.9 Å². The van der Waals surface area contributed by atoms with Gasteiger partial charge in [0.25, 0.3) is 10.0 Å². The van der Waals surface area contributed by atoms with Crippen LogP contribution in [0.2, 0.25) is 0 Å². The smallest absolute Gasteiger partial charge is 0.281 e. The molecule has 1 aromatic carbocycles. The first-order valence-electron chi connectivity index (χ1n) is 5.30. The van der Waals surface area contributed by atoms with Crippen LogP contribution in [0.4, 0.5) is 11.4 Å². The fraction of sp³-hybridized carbons (Fsp3) is 0.200. The first-order valence-corrected chi connectivity index (χ1v) is 7.57. The van der Waals surface area contributed by atoms with Gasteiger partial charge in [-0.2, -0.15) is 8.42 Å². The van der Waals surface area contributed by atoms with Gasteiger partial charge in [0, 0.05) is 25.5 Å². The van der Waals surface area contributed by atoms with E-state index in [1.165, 1.54) is 11.7 Å². The average molecular weight is 346 g/mol. The van der Waals surface area contributed by atoms with Crippen molar-refractivity contribution in [2.45, 2.75) is 5.03 Å². The molecule has 2 rings (SSSR count). The molecule has 0 saturated carbocycles. The molecule has 0 aliphatic carbocycles. The third-order valence-corrected chi connectivity index (χ3v) is 4.69. The molecular weight excluding hydrogens is 334 g/mol. The van der Waals surface area contributed by atoms with Crippen LogP contribution in [0.15, 0.2) is 33.9 Å². The number of rotatable bonds is 4. The fourth-order valence-electron chi connectivity index (χ4n) is 1.52. The molecule has 0 saturated heterocycles. The van der Waals surface area contributed by atoms with Gasteiger partial charge in [-0.25, -0.2) is 4.68 Å². The minimum atomic E-state index is -3.73. The molecule has 2 aromatic rings. The summed E-state index contributed by atoms with van der Waals surface area (Å²) in [6, 6.07) is 6.88. The summed E-state index contributed by atoms with van der Waals surface area (Å²) in [5.41, 5.74) is 1.36. The van der Waals surface area contributed by atoms with Gasteiger partial charge < -0.3 is 5.32 Å². The molecule has 102 valence electrons. The second-order valence-electron chi connectivity index (χ2n) is 3.74. The van der Waals surface area contributed by atoms with Gasteiger partial charge in [0.2, 0.25) is 5.03 Å². The Morgan fingerprint density at radius 2 is 1.79 bits per heavy atom. The number of hydrogen-bond acceptors (Lipinski definition) is 5. The lowest BCUT2D eigenvalue weighted by Crippen LogP contribution is -2.17. The summed E-state index contributed by atoms with van der Waals surface area (Å²) < 4.78 is 28.2. The number of halogens is 1. The molecule has 9 heteroatoms. The number of sulfonamides is 1. The highest BCUT2D eigenvalue weighted by molar-refractivity contribution is 9.10. The Kier molecular flexibility index (Phi) is 3.76. The van der Waals surface area contributed by atoms with Crippen LogP contribution in [0.5, 0.6) is 0 Å². The van der Waals surface area contributed by atoms with E-state index >= 15 is 0 Å². The van der Waals surface area contributed by atoms with Gasteiger partial charge in [-0.3, -0.25) is 4.72 Å². The van der Waals surface area contributed by atoms with Crippen molar-refractivity contribution in [1.82, 2.24) is 15.0 Å². The molecule has 0 aliphatic rings. The van der Waals surface area contributed by atoms with E-state index in [0.717, 1.165) is 5.69 Å². The highest BCUT2D eigenvalue weighted by Gasteiger charge is 2.23. The maximum atomic E-state index is 12.2. The molecule has 1 aromatic heterocycles. The predicted molar refractivity (Wildman–Crippen MR) is 75.5 cm³/mol. The van der Waals surface area contributed by atoms with E-state index in [9.17, 15) is 8.42 Å². The Morgan fingerprint density at radius 1 is 1.21 bits per heavy atom. The van der Waals surface area contributed by atoms with Gasteiger partial charge in [-0.05, 0) is 40.2 Å². The maximum absolute atomic E-state index is 12.2. The SMILES string of the molecule is CNc1ccc(NS(=O)(=O)c2c(Br)nnn2C)cc1. The van der Waals surface area contributed by atoms with E-state index in [0.29, 0.717) is 5.69 Å². The molecule has 7 nitrogen and oxygen atoms in total. The maximum Gasteiger partial charge on any atom is 0.281 e. The Bertz CT molecular complexity index is 661. The van der Waals surface area contributed by atoms with Gasteiger partial charge >= 0.3 is 0 Å². The fourth-order valence-corrected chi connectivity index (χ4v) is 3.67. The van der Waals surface area contributed by atoms with Crippen molar-refractivity contribution in [2.75, 3.05) is 17.1 Å². The quantitative estimate of drug-likeness (QED) is 0.874. The molecular formula is C10H12BrN5O2S. The van der Waals surface area contributed by atoms with E-state index in [2.05, 4.69) is 36.3 Å². The second kappa shape index (κ2) is 5.17. The van der Waals surface area contributed by atoms with Crippen LogP contribution in [0.1, 0.15) is 0 Å². The van der Waals surface area contributed by atoms with Crippen molar-refractivity contribution in [3.8, 4) is 0 Å². The van der Waals surface area contributed by atoms with Crippen LogP contribution in [-0.4, -0.2) is 30.5 Å². The molecule has 0 atom stereocenters. The van der Waals surface area contributed by atoms with Crippen molar-refractivity contribution in [2.24, 2.45) is 7.05 Å². The van der Waals surface area contributed by atoms with Crippen LogP contribution in [0, 0.1) is 0 Å². The van der Waals surface area contributed by atoms with E-state index in [1.807, 2.05) is 0 Å². The lowest BCUT2D eigenvalue weighted by atomic mass is 10.3. The molecule has 0 radical (unpaired) electrons. The molecule has 0 fully saturated rings. The van der Waals surface area contributed by atoms with Crippen LogP contribution < -0.4 is 10.0 Å². The lowest BCUT2D eigenvalue weighted by Gasteiger charge is -2.08. The summed E-state index contributed by atoms with van der Waals surface area (Å²) in [6.07, 6.45) is 0. The van der Waals surface area contributed by atoms with E-state index in [-0.39, 0.29) is 9.63 Å².